The molecule has 0 fully saturated rings. The van der Waals surface area contributed by atoms with Crippen LogP contribution in [0.15, 0.2) is 54.7 Å². The maximum absolute atomic E-state index is 14.9. The van der Waals surface area contributed by atoms with E-state index in [1.807, 2.05) is 0 Å². The predicted molar refractivity (Wildman–Crippen MR) is 152 cm³/mol. The number of rotatable bonds is 3. The second-order valence-electron chi connectivity index (χ2n) is 10.6. The first kappa shape index (κ1) is 30.2. The maximum atomic E-state index is 14.9. The first-order valence-corrected chi connectivity index (χ1v) is 13.9. The summed E-state index contributed by atoms with van der Waals surface area (Å²) in [6.07, 6.45) is -0.989. The Hall–Kier alpha value is -4.25. The summed E-state index contributed by atoms with van der Waals surface area (Å²) < 4.78 is 56.2. The minimum atomic E-state index is -4.86. The number of alkyl halides is 3. The number of pyridine rings is 1. The quantitative estimate of drug-likeness (QED) is 0.300. The molecule has 2 aromatic carbocycles. The predicted octanol–water partition coefficient (Wildman–Crippen LogP) is 7.37. The molecule has 0 saturated carbocycles. The van der Waals surface area contributed by atoms with E-state index in [0.29, 0.717) is 47.8 Å². The Kier molecular flexibility index (Phi) is 8.29. The van der Waals surface area contributed by atoms with Gasteiger partial charge in [0, 0.05) is 41.5 Å². The molecule has 2 atom stereocenters. The van der Waals surface area contributed by atoms with Gasteiger partial charge in [-0.3, -0.25) is 14.6 Å². The number of hydrogen-bond donors (Lipinski definition) is 2. The lowest BCUT2D eigenvalue weighted by Crippen LogP contribution is -2.38. The second kappa shape index (κ2) is 11.8. The molecule has 43 heavy (non-hydrogen) atoms. The van der Waals surface area contributed by atoms with Crippen molar-refractivity contribution in [3.8, 4) is 11.1 Å². The van der Waals surface area contributed by atoms with Crippen LogP contribution in [-0.4, -0.2) is 39.3 Å². The summed E-state index contributed by atoms with van der Waals surface area (Å²) in [6.45, 7) is 1.74. The number of carboxylic acids is 1. The molecule has 0 saturated heterocycles. The van der Waals surface area contributed by atoms with E-state index in [0.717, 1.165) is 12.1 Å². The van der Waals surface area contributed by atoms with Crippen LogP contribution in [0, 0.1) is 11.7 Å². The number of anilines is 1. The number of nitrogens with one attached hydrogen (secondary N) is 1. The Bertz CT molecular complexity index is 1660. The Labute approximate surface area is 249 Å². The van der Waals surface area contributed by atoms with E-state index in [1.54, 1.807) is 25.1 Å². The lowest BCUT2D eigenvalue weighted by Gasteiger charge is -2.35. The van der Waals surface area contributed by atoms with Gasteiger partial charge in [0.1, 0.15) is 5.82 Å². The molecule has 0 radical (unpaired) electrons. The Balaban J connectivity index is 1.55. The van der Waals surface area contributed by atoms with Crippen molar-refractivity contribution in [2.75, 3.05) is 11.9 Å². The van der Waals surface area contributed by atoms with Gasteiger partial charge >= 0.3 is 12.1 Å². The van der Waals surface area contributed by atoms with Crippen LogP contribution in [0.3, 0.4) is 0 Å². The van der Waals surface area contributed by atoms with E-state index in [2.05, 4.69) is 10.3 Å². The SMILES string of the molecule is CC1CCCC(N2CCC(c3c(C(F)(F)F)ccc(Cl)c3F)=CC2=O)c2cc(ccn2)-c2ccc(C(=O)O)cc2NC1=O. The molecule has 3 aromatic rings. The fourth-order valence-electron chi connectivity index (χ4n) is 5.56. The highest BCUT2D eigenvalue weighted by atomic mass is 35.5. The first-order valence-electron chi connectivity index (χ1n) is 13.6. The first-order chi connectivity index (χ1) is 20.3. The van der Waals surface area contributed by atoms with Gasteiger partial charge in [-0.15, -0.1) is 0 Å². The zero-order chi connectivity index (χ0) is 31.1. The van der Waals surface area contributed by atoms with Gasteiger partial charge in [0.2, 0.25) is 11.8 Å². The number of halogens is 5. The van der Waals surface area contributed by atoms with Crippen LogP contribution < -0.4 is 5.32 Å². The van der Waals surface area contributed by atoms with Gasteiger partial charge in [-0.2, -0.15) is 13.2 Å². The third-order valence-electron chi connectivity index (χ3n) is 7.82. The van der Waals surface area contributed by atoms with Crippen LogP contribution in [0.2, 0.25) is 5.02 Å². The average molecular weight is 616 g/mol. The number of carboxylic acid groups (broad SMARTS) is 1. The Morgan fingerprint density at radius 2 is 1.88 bits per heavy atom. The van der Waals surface area contributed by atoms with E-state index < -0.39 is 52.0 Å². The molecule has 2 bridgehead atoms. The molecule has 2 N–H and O–H groups in total. The van der Waals surface area contributed by atoms with Crippen molar-refractivity contribution in [2.45, 2.75) is 44.8 Å². The summed E-state index contributed by atoms with van der Waals surface area (Å²) in [7, 11) is 0. The molecular weight excluding hydrogens is 590 g/mol. The highest BCUT2D eigenvalue weighted by Gasteiger charge is 2.38. The fraction of sp³-hybridized carbons (Fsp3) is 0.290. The molecule has 0 spiro atoms. The van der Waals surface area contributed by atoms with Gasteiger partial charge < -0.3 is 15.3 Å². The molecule has 7 nitrogen and oxygen atoms in total. The Morgan fingerprint density at radius 1 is 1.12 bits per heavy atom. The van der Waals surface area contributed by atoms with Gasteiger partial charge in [0.15, 0.2) is 0 Å². The molecule has 1 aromatic heterocycles. The van der Waals surface area contributed by atoms with E-state index >= 15 is 0 Å². The number of carbonyl (C=O) groups is 3. The third-order valence-corrected chi connectivity index (χ3v) is 8.11. The monoisotopic (exact) mass is 615 g/mol. The normalized spacial score (nSPS) is 19.5. The van der Waals surface area contributed by atoms with Crippen molar-refractivity contribution in [3.63, 3.8) is 0 Å². The van der Waals surface area contributed by atoms with Gasteiger partial charge in [-0.1, -0.05) is 31.0 Å². The van der Waals surface area contributed by atoms with Crippen LogP contribution in [0.5, 0.6) is 0 Å². The van der Waals surface area contributed by atoms with Crippen molar-refractivity contribution >= 4 is 40.6 Å². The number of carbonyl (C=O) groups excluding carboxylic acids is 2. The van der Waals surface area contributed by atoms with Crippen LogP contribution in [-0.2, 0) is 15.8 Å². The van der Waals surface area contributed by atoms with Crippen molar-refractivity contribution < 1.29 is 37.1 Å². The molecular formula is C31H26ClF4N3O4. The molecule has 0 aliphatic carbocycles. The summed E-state index contributed by atoms with van der Waals surface area (Å²) in [5, 5.41) is 11.8. The number of hydrogen-bond acceptors (Lipinski definition) is 4. The standard InChI is InChI=1S/C31H26ClF4N3O4/c1-16-3-2-4-25(24-13-17(9-11-37-24)20-6-5-19(30(42)43)14-23(20)38-29(16)41)39-12-10-18(15-26(39)40)27-21(31(34,35)36)7-8-22(32)28(27)33/h5-9,11,13-16,25H,2-4,10,12H2,1H3,(H,38,41)(H,42,43). The minimum Gasteiger partial charge on any atom is -0.478 e. The van der Waals surface area contributed by atoms with Crippen molar-refractivity contribution in [1.82, 2.24) is 9.88 Å². The van der Waals surface area contributed by atoms with Gasteiger partial charge in [-0.25, -0.2) is 9.18 Å². The van der Waals surface area contributed by atoms with Gasteiger partial charge in [0.25, 0.3) is 0 Å². The van der Waals surface area contributed by atoms with Gasteiger partial charge in [-0.05, 0) is 66.8 Å². The third kappa shape index (κ3) is 6.13. The van der Waals surface area contributed by atoms with Crippen LogP contribution >= 0.6 is 11.6 Å². The molecule has 2 aliphatic heterocycles. The van der Waals surface area contributed by atoms with Crippen LogP contribution in [0.4, 0.5) is 23.2 Å². The second-order valence-corrected chi connectivity index (χ2v) is 11.0. The summed E-state index contributed by atoms with van der Waals surface area (Å²) in [5.41, 5.74) is -0.0433. The molecule has 2 unspecified atom stereocenters. The number of fused-ring (bicyclic) bond motifs is 4. The minimum absolute atomic E-state index is 0.000903. The molecule has 2 amide bonds. The van der Waals surface area contributed by atoms with Crippen molar-refractivity contribution in [1.29, 1.82) is 0 Å². The fourth-order valence-corrected chi connectivity index (χ4v) is 5.72. The summed E-state index contributed by atoms with van der Waals surface area (Å²) in [4.78, 5) is 44.1. The van der Waals surface area contributed by atoms with E-state index in [4.69, 9.17) is 11.6 Å². The molecule has 224 valence electrons. The molecule has 3 heterocycles. The number of nitrogens with zero attached hydrogens (tertiary/aromatic N) is 2. The average Bonchev–Trinajstić information content (AvgIpc) is 2.95. The highest BCUT2D eigenvalue weighted by molar-refractivity contribution is 6.31. The van der Waals surface area contributed by atoms with Crippen molar-refractivity contribution in [3.05, 3.63) is 88.0 Å². The number of aromatic nitrogens is 1. The topological polar surface area (TPSA) is 99.6 Å². The Morgan fingerprint density at radius 3 is 2.58 bits per heavy atom. The van der Waals surface area contributed by atoms with E-state index in [1.165, 1.54) is 23.2 Å². The maximum Gasteiger partial charge on any atom is 0.417 e. The van der Waals surface area contributed by atoms with E-state index in [-0.39, 0.29) is 30.0 Å². The lowest BCUT2D eigenvalue weighted by molar-refractivity contribution is -0.138. The zero-order valence-electron chi connectivity index (χ0n) is 22.8. The number of aromatic carboxylic acids is 1. The smallest absolute Gasteiger partial charge is 0.417 e. The molecule has 2 aliphatic rings. The summed E-state index contributed by atoms with van der Waals surface area (Å²) in [5.74, 6) is -3.72. The zero-order valence-corrected chi connectivity index (χ0v) is 23.6. The summed E-state index contributed by atoms with van der Waals surface area (Å²) >= 11 is 5.82. The van der Waals surface area contributed by atoms with Crippen LogP contribution in [0.25, 0.3) is 16.7 Å². The van der Waals surface area contributed by atoms with E-state index in [9.17, 15) is 37.1 Å². The summed E-state index contributed by atoms with van der Waals surface area (Å²) in [6, 6.07) is 8.78. The molecule has 5 rings (SSSR count). The number of benzene rings is 2. The highest BCUT2D eigenvalue weighted by Crippen LogP contribution is 2.42. The van der Waals surface area contributed by atoms with Gasteiger partial charge in [0.05, 0.1) is 27.9 Å². The van der Waals surface area contributed by atoms with Crippen molar-refractivity contribution in [2.24, 2.45) is 5.92 Å². The molecule has 12 heteroatoms. The lowest BCUT2D eigenvalue weighted by atomic mass is 9.91. The van der Waals surface area contributed by atoms with Crippen LogP contribution in [0.1, 0.15) is 65.8 Å². The largest absolute Gasteiger partial charge is 0.478 e. The number of amides is 2.